The van der Waals surface area contributed by atoms with Gasteiger partial charge in [-0.25, -0.2) is 0 Å². The minimum atomic E-state index is -0.406. The lowest BCUT2D eigenvalue weighted by Gasteiger charge is -2.26. The molecule has 2 aliphatic rings. The number of hydrogen-bond acceptors (Lipinski definition) is 8. The van der Waals surface area contributed by atoms with E-state index in [4.69, 9.17) is 18.7 Å². The van der Waals surface area contributed by atoms with Crippen molar-refractivity contribution in [3.8, 4) is 11.5 Å². The largest absolute Gasteiger partial charge is 0.493 e. The Bertz CT molecular complexity index is 911. The fourth-order valence-corrected chi connectivity index (χ4v) is 4.27. The van der Waals surface area contributed by atoms with Crippen molar-refractivity contribution in [3.05, 3.63) is 41.3 Å². The van der Waals surface area contributed by atoms with Crippen molar-refractivity contribution in [2.24, 2.45) is 5.92 Å². The number of carbonyl (C=O) groups is 1. The van der Waals surface area contributed by atoms with Crippen LogP contribution in [0.25, 0.3) is 0 Å². The van der Waals surface area contributed by atoms with Crippen LogP contribution in [0.15, 0.2) is 28.8 Å². The zero-order chi connectivity index (χ0) is 22.5. The number of likely N-dealkylation sites (tertiary alicyclic amines) is 1. The summed E-state index contributed by atoms with van der Waals surface area (Å²) in [5, 5.41) is 14.4. The van der Waals surface area contributed by atoms with E-state index < -0.39 is 6.10 Å². The molecule has 2 fully saturated rings. The molecule has 0 bridgehead atoms. The highest BCUT2D eigenvalue weighted by Crippen LogP contribution is 2.30. The minimum Gasteiger partial charge on any atom is -0.493 e. The van der Waals surface area contributed by atoms with Crippen molar-refractivity contribution in [1.82, 2.24) is 15.0 Å². The van der Waals surface area contributed by atoms with Crippen LogP contribution in [0.2, 0.25) is 0 Å². The molecule has 1 aromatic carbocycles. The first-order valence-electron chi connectivity index (χ1n) is 11.0. The number of aliphatic hydroxyl groups is 1. The minimum absolute atomic E-state index is 0.0309. The first-order valence-corrected chi connectivity index (χ1v) is 11.0. The molecule has 9 heteroatoms. The van der Waals surface area contributed by atoms with Crippen molar-refractivity contribution in [2.75, 3.05) is 53.1 Å². The summed E-state index contributed by atoms with van der Waals surface area (Å²) in [7, 11) is 1.59. The molecule has 0 saturated carbocycles. The smallest absolute Gasteiger partial charge is 0.260 e. The molecular weight excluding hydrogens is 414 g/mol. The number of benzene rings is 1. The van der Waals surface area contributed by atoms with Crippen molar-refractivity contribution in [2.45, 2.75) is 26.0 Å². The number of β-amino-alcohol motifs (C(OH)–C–C–N with tert-alkyl or cyclic N) is 1. The SMILES string of the molecule is COc1cc(CN2C[C@@H](Cc3cc(C)no3)[C@@H](O)C2)ccc1OCC(=O)N1CCOCC1. The van der Waals surface area contributed by atoms with Gasteiger partial charge >= 0.3 is 0 Å². The summed E-state index contributed by atoms with van der Waals surface area (Å²) >= 11 is 0. The van der Waals surface area contributed by atoms with Crippen LogP contribution < -0.4 is 9.47 Å². The number of rotatable bonds is 8. The predicted octanol–water partition coefficient (Wildman–Crippen LogP) is 1.26. The van der Waals surface area contributed by atoms with E-state index in [-0.39, 0.29) is 18.4 Å². The van der Waals surface area contributed by atoms with Gasteiger partial charge in [0, 0.05) is 51.1 Å². The van der Waals surface area contributed by atoms with Gasteiger partial charge in [-0.15, -0.1) is 0 Å². The van der Waals surface area contributed by atoms with Gasteiger partial charge in [0.2, 0.25) is 0 Å². The fourth-order valence-electron chi connectivity index (χ4n) is 4.27. The standard InChI is InChI=1S/C23H31N3O6/c1-16-9-19(32-24-16)11-18-13-25(14-20(18)27)12-17-3-4-21(22(10-17)29-2)31-15-23(28)26-5-7-30-8-6-26/h3-4,9-10,18,20,27H,5-8,11-15H2,1-2H3/t18-,20+/m1/s1. The van der Waals surface area contributed by atoms with Gasteiger partial charge in [0.05, 0.1) is 32.1 Å². The first kappa shape index (κ1) is 22.6. The van der Waals surface area contributed by atoms with Gasteiger partial charge in [0.1, 0.15) is 5.76 Å². The van der Waals surface area contributed by atoms with Crippen molar-refractivity contribution >= 4 is 5.91 Å². The molecule has 9 nitrogen and oxygen atoms in total. The number of aromatic nitrogens is 1. The van der Waals surface area contributed by atoms with Gasteiger partial charge < -0.3 is 28.7 Å². The summed E-state index contributed by atoms with van der Waals surface area (Å²) < 4.78 is 21.8. The second-order valence-corrected chi connectivity index (χ2v) is 8.43. The molecule has 0 spiro atoms. The van der Waals surface area contributed by atoms with Crippen molar-refractivity contribution in [3.63, 3.8) is 0 Å². The van der Waals surface area contributed by atoms with E-state index >= 15 is 0 Å². The molecule has 2 atom stereocenters. The van der Waals surface area contributed by atoms with Crippen molar-refractivity contribution < 1.29 is 28.6 Å². The van der Waals surface area contributed by atoms with E-state index in [1.165, 1.54) is 0 Å². The topological polar surface area (TPSA) is 97.5 Å². The summed E-state index contributed by atoms with van der Waals surface area (Å²) in [6.07, 6.45) is 0.266. The zero-order valence-electron chi connectivity index (χ0n) is 18.7. The van der Waals surface area contributed by atoms with Gasteiger partial charge in [0.15, 0.2) is 18.1 Å². The number of carbonyl (C=O) groups excluding carboxylic acids is 1. The maximum absolute atomic E-state index is 12.3. The van der Waals surface area contributed by atoms with Crippen LogP contribution in [0.3, 0.4) is 0 Å². The van der Waals surface area contributed by atoms with Crippen LogP contribution in [-0.2, 0) is 22.5 Å². The van der Waals surface area contributed by atoms with E-state index in [1.54, 1.807) is 12.0 Å². The van der Waals surface area contributed by atoms with Crippen LogP contribution in [0.5, 0.6) is 11.5 Å². The Balaban J connectivity index is 1.31. The van der Waals surface area contributed by atoms with E-state index in [9.17, 15) is 9.90 Å². The van der Waals surface area contributed by atoms with E-state index in [2.05, 4.69) is 10.1 Å². The second-order valence-electron chi connectivity index (χ2n) is 8.43. The van der Waals surface area contributed by atoms with E-state index in [0.717, 1.165) is 23.6 Å². The Labute approximate surface area is 187 Å². The van der Waals surface area contributed by atoms with Gasteiger partial charge in [-0.3, -0.25) is 9.69 Å². The van der Waals surface area contributed by atoms with E-state index in [1.807, 2.05) is 31.2 Å². The molecule has 4 rings (SSSR count). The van der Waals surface area contributed by atoms with Crippen molar-refractivity contribution in [1.29, 1.82) is 0 Å². The van der Waals surface area contributed by atoms with Crippen LogP contribution >= 0.6 is 0 Å². The third kappa shape index (κ3) is 5.59. The molecule has 2 aliphatic heterocycles. The molecule has 32 heavy (non-hydrogen) atoms. The van der Waals surface area contributed by atoms with Crippen LogP contribution in [0.1, 0.15) is 17.0 Å². The number of morpholine rings is 1. The van der Waals surface area contributed by atoms with Crippen LogP contribution in [-0.4, -0.2) is 85.2 Å². The van der Waals surface area contributed by atoms with Gasteiger partial charge in [-0.2, -0.15) is 0 Å². The van der Waals surface area contributed by atoms with Gasteiger partial charge in [0.25, 0.3) is 5.91 Å². The number of ether oxygens (including phenoxy) is 3. The monoisotopic (exact) mass is 445 g/mol. The Morgan fingerprint density at radius 3 is 2.75 bits per heavy atom. The summed E-state index contributed by atoms with van der Waals surface area (Å²) in [5.74, 6) is 1.99. The normalized spacial score (nSPS) is 21.7. The van der Waals surface area contributed by atoms with Crippen LogP contribution in [0.4, 0.5) is 0 Å². The maximum atomic E-state index is 12.3. The lowest BCUT2D eigenvalue weighted by Crippen LogP contribution is -2.43. The summed E-state index contributed by atoms with van der Waals surface area (Å²) in [6, 6.07) is 7.65. The average Bonchev–Trinajstić information content (AvgIpc) is 3.37. The molecule has 1 amide bonds. The Hall–Kier alpha value is -2.62. The van der Waals surface area contributed by atoms with Gasteiger partial charge in [-0.1, -0.05) is 11.2 Å². The molecular formula is C23H31N3O6. The highest BCUT2D eigenvalue weighted by Gasteiger charge is 2.32. The maximum Gasteiger partial charge on any atom is 0.260 e. The summed E-state index contributed by atoms with van der Waals surface area (Å²) in [6.45, 7) is 6.24. The fraction of sp³-hybridized carbons (Fsp3) is 0.565. The number of amides is 1. The van der Waals surface area contributed by atoms with Crippen LogP contribution in [0, 0.1) is 12.8 Å². The first-order chi connectivity index (χ1) is 15.5. The highest BCUT2D eigenvalue weighted by atomic mass is 16.5. The highest BCUT2D eigenvalue weighted by molar-refractivity contribution is 5.78. The Kier molecular flexibility index (Phi) is 7.29. The predicted molar refractivity (Wildman–Crippen MR) is 116 cm³/mol. The number of hydrogen-bond donors (Lipinski definition) is 1. The summed E-state index contributed by atoms with van der Waals surface area (Å²) in [4.78, 5) is 16.3. The Morgan fingerprint density at radius 1 is 1.22 bits per heavy atom. The molecule has 1 N–H and O–H groups in total. The number of methoxy groups -OCH3 is 1. The second kappa shape index (κ2) is 10.3. The quantitative estimate of drug-likeness (QED) is 0.649. The van der Waals surface area contributed by atoms with E-state index in [0.29, 0.717) is 57.3 Å². The number of nitrogens with zero attached hydrogens (tertiary/aromatic N) is 3. The Morgan fingerprint density at radius 2 is 2.03 bits per heavy atom. The average molecular weight is 446 g/mol. The molecule has 0 unspecified atom stereocenters. The molecule has 2 saturated heterocycles. The molecule has 174 valence electrons. The third-order valence-corrected chi connectivity index (χ3v) is 5.97. The third-order valence-electron chi connectivity index (χ3n) is 5.97. The lowest BCUT2D eigenvalue weighted by molar-refractivity contribution is -0.137. The number of aliphatic hydroxyl groups excluding tert-OH is 1. The molecule has 0 aliphatic carbocycles. The van der Waals surface area contributed by atoms with Gasteiger partial charge in [-0.05, 0) is 24.6 Å². The summed E-state index contributed by atoms with van der Waals surface area (Å²) in [5.41, 5.74) is 1.91. The molecule has 2 aromatic rings. The molecule has 3 heterocycles. The zero-order valence-corrected chi connectivity index (χ0v) is 18.7. The molecule has 1 aromatic heterocycles. The number of aryl methyl sites for hydroxylation is 1. The lowest BCUT2D eigenvalue weighted by atomic mass is 10.0. The molecule has 0 radical (unpaired) electrons.